The van der Waals surface area contributed by atoms with Crippen molar-refractivity contribution in [3.8, 4) is 5.75 Å². The van der Waals surface area contributed by atoms with Gasteiger partial charge in [0.15, 0.2) is 0 Å². The molecule has 2 aromatic rings. The first-order chi connectivity index (χ1) is 8.28. The van der Waals surface area contributed by atoms with Gasteiger partial charge < -0.3 is 15.0 Å². The number of benzene rings is 1. The molecule has 90 valence electrons. The van der Waals surface area contributed by atoms with Gasteiger partial charge in [-0.25, -0.2) is 0 Å². The highest BCUT2D eigenvalue weighted by Gasteiger charge is 2.02. The second-order valence-electron chi connectivity index (χ2n) is 3.80. The molecule has 0 aliphatic rings. The summed E-state index contributed by atoms with van der Waals surface area (Å²) in [6, 6.07) is 9.84. The summed E-state index contributed by atoms with van der Waals surface area (Å²) in [7, 11) is 0. The minimum atomic E-state index is 0.364. The molecule has 2 rings (SSSR count). The standard InChI is InChI=1S/C13H16N2O2/c1-2-16-12-5-3-4-10(8-12)6-7-11-9-13(14)17-15-11/h3-5,8-9H,2,6-7,14H2,1H3. The first kappa shape index (κ1) is 11.5. The number of nitrogens with zero attached hydrogens (tertiary/aromatic N) is 1. The maximum Gasteiger partial charge on any atom is 0.222 e. The Bertz CT molecular complexity index is 480. The summed E-state index contributed by atoms with van der Waals surface area (Å²) in [5, 5.41) is 3.86. The van der Waals surface area contributed by atoms with Gasteiger partial charge in [0.25, 0.3) is 0 Å². The lowest BCUT2D eigenvalue weighted by atomic mass is 10.1. The molecule has 0 aliphatic carbocycles. The predicted molar refractivity (Wildman–Crippen MR) is 65.9 cm³/mol. The molecule has 0 atom stereocenters. The molecular formula is C13H16N2O2. The maximum absolute atomic E-state index is 5.46. The van der Waals surface area contributed by atoms with Crippen LogP contribution < -0.4 is 10.5 Å². The first-order valence-corrected chi connectivity index (χ1v) is 5.70. The Labute approximate surface area is 100 Å². The lowest BCUT2D eigenvalue weighted by Gasteiger charge is -2.05. The van der Waals surface area contributed by atoms with Gasteiger partial charge >= 0.3 is 0 Å². The number of anilines is 1. The van der Waals surface area contributed by atoms with E-state index in [1.807, 2.05) is 25.1 Å². The quantitative estimate of drug-likeness (QED) is 0.860. The van der Waals surface area contributed by atoms with Gasteiger partial charge in [-0.1, -0.05) is 17.3 Å². The van der Waals surface area contributed by atoms with Crippen molar-refractivity contribution in [3.05, 3.63) is 41.6 Å². The minimum Gasteiger partial charge on any atom is -0.494 e. The average Bonchev–Trinajstić information content (AvgIpc) is 2.74. The van der Waals surface area contributed by atoms with Crippen molar-refractivity contribution in [2.45, 2.75) is 19.8 Å². The van der Waals surface area contributed by atoms with Crippen LogP contribution in [0.1, 0.15) is 18.2 Å². The van der Waals surface area contributed by atoms with Gasteiger partial charge in [0, 0.05) is 6.07 Å². The largest absolute Gasteiger partial charge is 0.494 e. The van der Waals surface area contributed by atoms with Crippen LogP contribution in [0.25, 0.3) is 0 Å². The third-order valence-electron chi connectivity index (χ3n) is 2.46. The molecule has 0 radical (unpaired) electrons. The van der Waals surface area contributed by atoms with Crippen molar-refractivity contribution in [2.24, 2.45) is 0 Å². The normalized spacial score (nSPS) is 10.4. The predicted octanol–water partition coefficient (Wildman–Crippen LogP) is 2.44. The van der Waals surface area contributed by atoms with Gasteiger partial charge in [0.1, 0.15) is 5.75 Å². The number of hydrogen-bond acceptors (Lipinski definition) is 4. The van der Waals surface area contributed by atoms with E-state index < -0.39 is 0 Å². The van der Waals surface area contributed by atoms with E-state index in [-0.39, 0.29) is 0 Å². The van der Waals surface area contributed by atoms with E-state index in [0.29, 0.717) is 12.5 Å². The van der Waals surface area contributed by atoms with Crippen molar-refractivity contribution < 1.29 is 9.26 Å². The fourth-order valence-corrected chi connectivity index (χ4v) is 1.68. The van der Waals surface area contributed by atoms with E-state index in [2.05, 4.69) is 11.2 Å². The fraction of sp³-hybridized carbons (Fsp3) is 0.308. The van der Waals surface area contributed by atoms with Gasteiger partial charge in [0.2, 0.25) is 5.88 Å². The molecular weight excluding hydrogens is 216 g/mol. The molecule has 0 saturated carbocycles. The number of ether oxygens (including phenoxy) is 1. The zero-order valence-electron chi connectivity index (χ0n) is 9.85. The number of rotatable bonds is 5. The Morgan fingerprint density at radius 2 is 2.18 bits per heavy atom. The van der Waals surface area contributed by atoms with E-state index in [1.165, 1.54) is 5.56 Å². The summed E-state index contributed by atoms with van der Waals surface area (Å²) in [5.74, 6) is 1.27. The highest BCUT2D eigenvalue weighted by molar-refractivity contribution is 5.30. The molecule has 1 heterocycles. The van der Waals surface area contributed by atoms with Crippen LogP contribution in [0.15, 0.2) is 34.9 Å². The zero-order valence-corrected chi connectivity index (χ0v) is 9.85. The highest BCUT2D eigenvalue weighted by Crippen LogP contribution is 2.15. The average molecular weight is 232 g/mol. The molecule has 4 heteroatoms. The summed E-state index contributed by atoms with van der Waals surface area (Å²) in [6.07, 6.45) is 1.71. The number of nitrogens with two attached hydrogens (primary N) is 1. The van der Waals surface area contributed by atoms with Gasteiger partial charge in [0.05, 0.1) is 12.3 Å². The summed E-state index contributed by atoms with van der Waals surface area (Å²) < 4.78 is 10.3. The van der Waals surface area contributed by atoms with Crippen molar-refractivity contribution in [2.75, 3.05) is 12.3 Å². The molecule has 17 heavy (non-hydrogen) atoms. The van der Waals surface area contributed by atoms with Crippen LogP contribution in [0.2, 0.25) is 0 Å². The van der Waals surface area contributed by atoms with Crippen LogP contribution in [0.4, 0.5) is 5.88 Å². The molecule has 4 nitrogen and oxygen atoms in total. The zero-order chi connectivity index (χ0) is 12.1. The second kappa shape index (κ2) is 5.39. The molecule has 0 aliphatic heterocycles. The Morgan fingerprint density at radius 3 is 2.88 bits per heavy atom. The number of aryl methyl sites for hydroxylation is 2. The molecule has 0 bridgehead atoms. The summed E-state index contributed by atoms with van der Waals surface area (Å²) in [6.45, 7) is 2.66. The minimum absolute atomic E-state index is 0.364. The number of aromatic nitrogens is 1. The van der Waals surface area contributed by atoms with Crippen LogP contribution >= 0.6 is 0 Å². The Kier molecular flexibility index (Phi) is 3.65. The molecule has 0 saturated heterocycles. The molecule has 2 N–H and O–H groups in total. The molecule has 0 unspecified atom stereocenters. The van der Waals surface area contributed by atoms with Crippen LogP contribution in [-0.2, 0) is 12.8 Å². The third-order valence-corrected chi connectivity index (χ3v) is 2.46. The van der Waals surface area contributed by atoms with Crippen molar-refractivity contribution in [1.29, 1.82) is 0 Å². The first-order valence-electron chi connectivity index (χ1n) is 5.70. The SMILES string of the molecule is CCOc1cccc(CCc2cc(N)on2)c1. The van der Waals surface area contributed by atoms with Crippen molar-refractivity contribution in [3.63, 3.8) is 0 Å². The highest BCUT2D eigenvalue weighted by atomic mass is 16.5. The fourth-order valence-electron chi connectivity index (χ4n) is 1.68. The third kappa shape index (κ3) is 3.24. The maximum atomic E-state index is 5.46. The van der Waals surface area contributed by atoms with Crippen LogP contribution in [-0.4, -0.2) is 11.8 Å². The number of nitrogen functional groups attached to an aromatic ring is 1. The van der Waals surface area contributed by atoms with E-state index in [0.717, 1.165) is 24.3 Å². The Balaban J connectivity index is 1.96. The van der Waals surface area contributed by atoms with Crippen LogP contribution in [0, 0.1) is 0 Å². The van der Waals surface area contributed by atoms with E-state index >= 15 is 0 Å². The van der Waals surface area contributed by atoms with E-state index in [9.17, 15) is 0 Å². The summed E-state index contributed by atoms with van der Waals surface area (Å²) >= 11 is 0. The molecule has 1 aromatic heterocycles. The van der Waals surface area contributed by atoms with Crippen LogP contribution in [0.3, 0.4) is 0 Å². The second-order valence-corrected chi connectivity index (χ2v) is 3.80. The van der Waals surface area contributed by atoms with E-state index in [1.54, 1.807) is 6.07 Å². The van der Waals surface area contributed by atoms with Gasteiger partial charge in [-0.15, -0.1) is 0 Å². The monoisotopic (exact) mass is 232 g/mol. The van der Waals surface area contributed by atoms with Crippen LogP contribution in [0.5, 0.6) is 5.75 Å². The van der Waals surface area contributed by atoms with Crippen molar-refractivity contribution in [1.82, 2.24) is 5.16 Å². The topological polar surface area (TPSA) is 61.3 Å². The molecule has 0 spiro atoms. The molecule has 0 fully saturated rings. The molecule has 0 amide bonds. The van der Waals surface area contributed by atoms with Gasteiger partial charge in [-0.05, 0) is 37.5 Å². The Hall–Kier alpha value is -1.97. The van der Waals surface area contributed by atoms with Gasteiger partial charge in [-0.2, -0.15) is 0 Å². The molecule has 1 aromatic carbocycles. The Morgan fingerprint density at radius 1 is 1.29 bits per heavy atom. The number of hydrogen-bond donors (Lipinski definition) is 1. The smallest absolute Gasteiger partial charge is 0.222 e. The summed E-state index contributed by atoms with van der Waals surface area (Å²) in [4.78, 5) is 0. The lowest BCUT2D eigenvalue weighted by Crippen LogP contribution is -1.94. The van der Waals surface area contributed by atoms with E-state index in [4.69, 9.17) is 15.0 Å². The van der Waals surface area contributed by atoms with Gasteiger partial charge in [-0.3, -0.25) is 0 Å². The summed E-state index contributed by atoms with van der Waals surface area (Å²) in [5.41, 5.74) is 7.56. The van der Waals surface area contributed by atoms with Crippen molar-refractivity contribution >= 4 is 5.88 Å². The lowest BCUT2D eigenvalue weighted by molar-refractivity contribution is 0.340.